The van der Waals surface area contributed by atoms with Crippen molar-refractivity contribution in [3.05, 3.63) is 63.6 Å². The molecule has 0 radical (unpaired) electrons. The van der Waals surface area contributed by atoms with Gasteiger partial charge in [-0.2, -0.15) is 0 Å². The molecule has 0 bridgehead atoms. The first-order valence-electron chi connectivity index (χ1n) is 12.1. The average Bonchev–Trinajstić information content (AvgIpc) is 2.78. The highest BCUT2D eigenvalue weighted by atomic mass is 35.5. The van der Waals surface area contributed by atoms with Gasteiger partial charge in [0.15, 0.2) is 0 Å². The van der Waals surface area contributed by atoms with E-state index in [1.807, 2.05) is 18.3 Å². The van der Waals surface area contributed by atoms with E-state index < -0.39 is 0 Å². The van der Waals surface area contributed by atoms with E-state index in [0.29, 0.717) is 5.02 Å². The maximum absolute atomic E-state index is 6.22. The molecule has 0 saturated heterocycles. The zero-order valence-electron chi connectivity index (χ0n) is 19.8. The number of aryl methyl sites for hydroxylation is 1. The number of rotatable bonds is 16. The Kier molecular flexibility index (Phi) is 13.5. The number of benzene rings is 2. The van der Waals surface area contributed by atoms with E-state index in [1.54, 1.807) is 6.07 Å². The van der Waals surface area contributed by atoms with Crippen molar-refractivity contribution < 1.29 is 0 Å². The maximum Gasteiger partial charge on any atom is 0.0635 e. The average molecular weight is 477 g/mol. The van der Waals surface area contributed by atoms with Crippen LogP contribution in [0.15, 0.2) is 47.5 Å². The van der Waals surface area contributed by atoms with E-state index in [4.69, 9.17) is 23.2 Å². The molecule has 0 heterocycles. The molecule has 0 amide bonds. The van der Waals surface area contributed by atoms with Crippen LogP contribution in [0.4, 0.5) is 5.69 Å². The van der Waals surface area contributed by atoms with Gasteiger partial charge < -0.3 is 10.2 Å². The molecule has 0 fully saturated rings. The van der Waals surface area contributed by atoms with Crippen LogP contribution in [0.25, 0.3) is 0 Å². The molecule has 2 rings (SSSR count). The summed E-state index contributed by atoms with van der Waals surface area (Å²) in [5, 5.41) is 4.97. The lowest BCUT2D eigenvalue weighted by Gasteiger charge is -2.20. The van der Waals surface area contributed by atoms with Gasteiger partial charge in [0.05, 0.1) is 6.54 Å². The minimum Gasteiger partial charge on any atom is -0.385 e. The van der Waals surface area contributed by atoms with Crippen molar-refractivity contribution in [1.29, 1.82) is 0 Å². The summed E-state index contributed by atoms with van der Waals surface area (Å²) in [6.07, 6.45) is 9.89. The van der Waals surface area contributed by atoms with Crippen LogP contribution in [-0.4, -0.2) is 37.3 Å². The third-order valence-corrected chi connectivity index (χ3v) is 6.05. The van der Waals surface area contributed by atoms with Gasteiger partial charge in [0, 0.05) is 22.3 Å². The van der Waals surface area contributed by atoms with Crippen molar-refractivity contribution in [2.45, 2.75) is 65.3 Å². The van der Waals surface area contributed by atoms with Gasteiger partial charge in [-0.1, -0.05) is 55.2 Å². The molecule has 3 nitrogen and oxygen atoms in total. The molecule has 2 aromatic rings. The third-order valence-electron chi connectivity index (χ3n) is 5.46. The fourth-order valence-electron chi connectivity index (χ4n) is 3.76. The molecular formula is C27H39Cl2N3. The number of anilines is 1. The van der Waals surface area contributed by atoms with Gasteiger partial charge in [-0.05, 0) is 106 Å². The second-order valence-corrected chi connectivity index (χ2v) is 9.17. The summed E-state index contributed by atoms with van der Waals surface area (Å²) in [7, 11) is 0. The number of halogens is 2. The predicted octanol–water partition coefficient (Wildman–Crippen LogP) is 7.90. The third kappa shape index (κ3) is 10.8. The number of hydrogen-bond acceptors (Lipinski definition) is 3. The van der Waals surface area contributed by atoms with Crippen LogP contribution >= 0.6 is 23.2 Å². The monoisotopic (exact) mass is 475 g/mol. The number of nitrogens with one attached hydrogen (secondary N) is 1. The lowest BCUT2D eigenvalue weighted by Crippen LogP contribution is -2.26. The first-order chi connectivity index (χ1) is 15.6. The second kappa shape index (κ2) is 16.1. The molecule has 32 heavy (non-hydrogen) atoms. The summed E-state index contributed by atoms with van der Waals surface area (Å²) in [6.45, 7) is 9.95. The van der Waals surface area contributed by atoms with E-state index >= 15 is 0 Å². The highest BCUT2D eigenvalue weighted by Gasteiger charge is 2.02. The van der Waals surface area contributed by atoms with Crippen molar-refractivity contribution in [2.75, 3.05) is 31.5 Å². The van der Waals surface area contributed by atoms with E-state index in [1.165, 1.54) is 56.6 Å². The van der Waals surface area contributed by atoms with Crippen LogP contribution < -0.4 is 5.32 Å². The van der Waals surface area contributed by atoms with Crippen molar-refractivity contribution >= 4 is 35.1 Å². The van der Waals surface area contributed by atoms with Gasteiger partial charge in [-0.3, -0.25) is 4.99 Å². The lowest BCUT2D eigenvalue weighted by atomic mass is 10.1. The molecule has 0 unspecified atom stereocenters. The van der Waals surface area contributed by atoms with Crippen LogP contribution in [0.1, 0.15) is 63.5 Å². The normalized spacial score (nSPS) is 11.5. The smallest absolute Gasteiger partial charge is 0.0635 e. The molecule has 5 heteroatoms. The standard InChI is InChI=1S/C27H39Cl2N3/c1-3-18-32(19-4-2)20-8-7-17-31-26-14-10-23(11-15-26)22-30-16-6-5-9-24-12-13-25(28)21-27(24)29/h10-16,21,31H,3-9,17-20,22H2,1-2H3. The Labute approximate surface area is 205 Å². The summed E-state index contributed by atoms with van der Waals surface area (Å²) in [5.41, 5.74) is 3.57. The van der Waals surface area contributed by atoms with Gasteiger partial charge in [0.2, 0.25) is 0 Å². The maximum atomic E-state index is 6.22. The summed E-state index contributed by atoms with van der Waals surface area (Å²) >= 11 is 12.2. The lowest BCUT2D eigenvalue weighted by molar-refractivity contribution is 0.270. The molecule has 0 atom stereocenters. The summed E-state index contributed by atoms with van der Waals surface area (Å²) in [6, 6.07) is 14.4. The Balaban J connectivity index is 1.59. The Hall–Kier alpha value is -1.55. The zero-order chi connectivity index (χ0) is 23.0. The van der Waals surface area contributed by atoms with Gasteiger partial charge in [0.1, 0.15) is 0 Å². The minimum atomic E-state index is 0.683. The molecular weight excluding hydrogens is 437 g/mol. The fraction of sp³-hybridized carbons (Fsp3) is 0.519. The number of hydrogen-bond donors (Lipinski definition) is 1. The molecule has 0 aliphatic rings. The Morgan fingerprint density at radius 1 is 0.906 bits per heavy atom. The van der Waals surface area contributed by atoms with E-state index in [9.17, 15) is 0 Å². The minimum absolute atomic E-state index is 0.683. The zero-order valence-corrected chi connectivity index (χ0v) is 21.3. The first-order valence-corrected chi connectivity index (χ1v) is 12.8. The van der Waals surface area contributed by atoms with Crippen LogP contribution in [0.5, 0.6) is 0 Å². The number of unbranched alkanes of at least 4 members (excludes halogenated alkanes) is 2. The van der Waals surface area contributed by atoms with Crippen molar-refractivity contribution in [2.24, 2.45) is 4.99 Å². The summed E-state index contributed by atoms with van der Waals surface area (Å²) < 4.78 is 0. The number of nitrogens with zero attached hydrogens (tertiary/aromatic N) is 2. The first kappa shape index (κ1) is 26.7. The van der Waals surface area contributed by atoms with Gasteiger partial charge in [0.25, 0.3) is 0 Å². The SMILES string of the molecule is CCCN(CCC)CCCCNc1ccc(CN=CCCCc2ccc(Cl)cc2Cl)cc1. The van der Waals surface area contributed by atoms with E-state index in [-0.39, 0.29) is 0 Å². The molecule has 2 aromatic carbocycles. The summed E-state index contributed by atoms with van der Waals surface area (Å²) in [5.74, 6) is 0. The Morgan fingerprint density at radius 2 is 1.66 bits per heavy atom. The quantitative estimate of drug-likeness (QED) is 0.197. The van der Waals surface area contributed by atoms with Gasteiger partial charge in [-0.25, -0.2) is 0 Å². The molecule has 0 saturated carbocycles. The van der Waals surface area contributed by atoms with Crippen LogP contribution in [0.2, 0.25) is 10.0 Å². The van der Waals surface area contributed by atoms with E-state index in [0.717, 1.165) is 42.9 Å². The highest BCUT2D eigenvalue weighted by molar-refractivity contribution is 6.35. The Bertz CT molecular complexity index is 784. The molecule has 176 valence electrons. The largest absolute Gasteiger partial charge is 0.385 e. The van der Waals surface area contributed by atoms with Crippen LogP contribution in [0.3, 0.4) is 0 Å². The van der Waals surface area contributed by atoms with E-state index in [2.05, 4.69) is 53.3 Å². The van der Waals surface area contributed by atoms with Crippen molar-refractivity contribution in [3.63, 3.8) is 0 Å². The van der Waals surface area contributed by atoms with Crippen molar-refractivity contribution in [1.82, 2.24) is 4.90 Å². The molecule has 0 aromatic heterocycles. The highest BCUT2D eigenvalue weighted by Crippen LogP contribution is 2.22. The molecule has 0 aliphatic carbocycles. The van der Waals surface area contributed by atoms with Gasteiger partial charge >= 0.3 is 0 Å². The van der Waals surface area contributed by atoms with Crippen LogP contribution in [-0.2, 0) is 13.0 Å². The number of aliphatic imine (C=N–C) groups is 1. The Morgan fingerprint density at radius 3 is 2.34 bits per heavy atom. The second-order valence-electron chi connectivity index (χ2n) is 8.32. The topological polar surface area (TPSA) is 27.6 Å². The fourth-order valence-corrected chi connectivity index (χ4v) is 4.26. The molecule has 0 aliphatic heterocycles. The van der Waals surface area contributed by atoms with Crippen molar-refractivity contribution in [3.8, 4) is 0 Å². The van der Waals surface area contributed by atoms with Crippen LogP contribution in [0, 0.1) is 0 Å². The summed E-state index contributed by atoms with van der Waals surface area (Å²) in [4.78, 5) is 7.15. The molecule has 0 spiro atoms. The predicted molar refractivity (Wildman–Crippen MR) is 143 cm³/mol. The van der Waals surface area contributed by atoms with Gasteiger partial charge in [-0.15, -0.1) is 0 Å². The molecule has 1 N–H and O–H groups in total.